The van der Waals surface area contributed by atoms with Crippen LogP contribution in [0.25, 0.3) is 0 Å². The Morgan fingerprint density at radius 1 is 1.42 bits per heavy atom. The molecule has 0 bridgehead atoms. The molecule has 2 rings (SSSR count). The van der Waals surface area contributed by atoms with Crippen molar-refractivity contribution in [1.29, 1.82) is 0 Å². The summed E-state index contributed by atoms with van der Waals surface area (Å²) in [7, 11) is 0. The summed E-state index contributed by atoms with van der Waals surface area (Å²) in [5.74, 6) is 0. The van der Waals surface area contributed by atoms with Crippen LogP contribution in [-0.2, 0) is 0 Å². The molecule has 2 aliphatic heterocycles. The molecule has 0 radical (unpaired) electrons. The minimum absolute atomic E-state index is 0. The lowest BCUT2D eigenvalue weighted by Gasteiger charge is -1.76. The Bertz CT molecular complexity index is 180. The van der Waals surface area contributed by atoms with Gasteiger partial charge in [0.25, 0.3) is 0 Å². The summed E-state index contributed by atoms with van der Waals surface area (Å²) in [6.45, 7) is 3.17. The quantitative estimate of drug-likeness (QED) is 0.528. The summed E-state index contributed by atoms with van der Waals surface area (Å²) in [4.78, 5) is 7.93. The van der Waals surface area contributed by atoms with Crippen molar-refractivity contribution in [3.05, 3.63) is 12.3 Å². The molecule has 0 fully saturated rings. The summed E-state index contributed by atoms with van der Waals surface area (Å²) >= 11 is 0. The SMILES string of the molecule is C.C1=CN=CC1.CC1=NCCC1. The topological polar surface area (TPSA) is 24.7 Å². The number of rotatable bonds is 0. The van der Waals surface area contributed by atoms with E-state index in [1.54, 1.807) is 6.20 Å². The van der Waals surface area contributed by atoms with E-state index < -0.39 is 0 Å². The third-order valence-electron chi connectivity index (χ3n) is 1.62. The van der Waals surface area contributed by atoms with E-state index in [-0.39, 0.29) is 7.43 Å². The molecule has 0 unspecified atom stereocenters. The molecule has 2 nitrogen and oxygen atoms in total. The molecule has 0 saturated heterocycles. The standard InChI is InChI=1S/C5H9N.C4H5N.CH4/c1-5-3-2-4-6-5;1-2-4-5-3-1;/h2-4H2,1H3;1,3-4H,2H2;1H4. The molecule has 0 aromatic rings. The minimum atomic E-state index is 0. The zero-order valence-electron chi connectivity index (χ0n) is 6.95. The van der Waals surface area contributed by atoms with Gasteiger partial charge in [0.1, 0.15) is 0 Å². The monoisotopic (exact) mass is 166 g/mol. The van der Waals surface area contributed by atoms with Gasteiger partial charge < -0.3 is 0 Å². The Balaban J connectivity index is 0.000000189. The lowest BCUT2D eigenvalue weighted by atomic mass is 10.3. The van der Waals surface area contributed by atoms with Gasteiger partial charge in [0.05, 0.1) is 0 Å². The van der Waals surface area contributed by atoms with E-state index in [1.165, 1.54) is 18.6 Å². The minimum Gasteiger partial charge on any atom is -0.294 e. The molecule has 0 saturated carbocycles. The third kappa shape index (κ3) is 4.83. The van der Waals surface area contributed by atoms with Gasteiger partial charge >= 0.3 is 0 Å². The third-order valence-corrected chi connectivity index (χ3v) is 1.62. The number of aliphatic imine (C=N–C) groups is 2. The zero-order chi connectivity index (χ0) is 7.94. The molecule has 2 aliphatic rings. The largest absolute Gasteiger partial charge is 0.294 e. The second-order valence-electron chi connectivity index (χ2n) is 2.67. The predicted molar refractivity (Wildman–Crippen MR) is 56.2 cm³/mol. The van der Waals surface area contributed by atoms with Gasteiger partial charge in [0.15, 0.2) is 0 Å². The number of nitrogens with zero attached hydrogens (tertiary/aromatic N) is 2. The van der Waals surface area contributed by atoms with Crippen molar-refractivity contribution in [2.75, 3.05) is 6.54 Å². The zero-order valence-corrected chi connectivity index (χ0v) is 6.95. The first-order chi connectivity index (χ1) is 5.39. The van der Waals surface area contributed by atoms with E-state index in [4.69, 9.17) is 0 Å². The first-order valence-corrected chi connectivity index (χ1v) is 4.06. The van der Waals surface area contributed by atoms with Gasteiger partial charge in [0.2, 0.25) is 0 Å². The molecule has 68 valence electrons. The highest BCUT2D eigenvalue weighted by Gasteiger charge is 1.96. The highest BCUT2D eigenvalue weighted by Crippen LogP contribution is 2.00. The fourth-order valence-electron chi connectivity index (χ4n) is 0.988. The number of hydrogen-bond donors (Lipinski definition) is 0. The van der Waals surface area contributed by atoms with E-state index in [0.717, 1.165) is 13.0 Å². The molecule has 0 aromatic heterocycles. The first-order valence-electron chi connectivity index (χ1n) is 4.06. The summed E-state index contributed by atoms with van der Waals surface area (Å²) in [6, 6.07) is 0. The Hall–Kier alpha value is -0.920. The van der Waals surface area contributed by atoms with Gasteiger partial charge in [0, 0.05) is 31.1 Å². The highest BCUT2D eigenvalue weighted by molar-refractivity contribution is 5.83. The molecule has 0 aliphatic carbocycles. The molecule has 0 spiro atoms. The van der Waals surface area contributed by atoms with Crippen molar-refractivity contribution in [3.63, 3.8) is 0 Å². The van der Waals surface area contributed by atoms with E-state index >= 15 is 0 Å². The van der Waals surface area contributed by atoms with E-state index in [9.17, 15) is 0 Å². The summed E-state index contributed by atoms with van der Waals surface area (Å²) < 4.78 is 0. The van der Waals surface area contributed by atoms with Gasteiger partial charge in [-0.2, -0.15) is 0 Å². The Morgan fingerprint density at radius 2 is 2.25 bits per heavy atom. The van der Waals surface area contributed by atoms with Crippen molar-refractivity contribution in [2.24, 2.45) is 9.98 Å². The smallest absolute Gasteiger partial charge is 0.0392 e. The summed E-state index contributed by atoms with van der Waals surface area (Å²) in [6.07, 6.45) is 9.24. The van der Waals surface area contributed by atoms with Crippen molar-refractivity contribution in [3.8, 4) is 0 Å². The average Bonchev–Trinajstić information content (AvgIpc) is 2.57. The number of allylic oxidation sites excluding steroid dienone is 1. The fourth-order valence-corrected chi connectivity index (χ4v) is 0.988. The molecule has 0 aromatic carbocycles. The second-order valence-corrected chi connectivity index (χ2v) is 2.67. The van der Waals surface area contributed by atoms with Gasteiger partial charge in [-0.1, -0.05) is 13.5 Å². The van der Waals surface area contributed by atoms with Crippen LogP contribution in [0.4, 0.5) is 0 Å². The molecule has 0 amide bonds. The van der Waals surface area contributed by atoms with Crippen molar-refractivity contribution < 1.29 is 0 Å². The summed E-state index contributed by atoms with van der Waals surface area (Å²) in [5, 5.41) is 0. The maximum Gasteiger partial charge on any atom is 0.0392 e. The first kappa shape index (κ1) is 11.1. The van der Waals surface area contributed by atoms with Crippen molar-refractivity contribution in [2.45, 2.75) is 33.6 Å². The Labute approximate surface area is 75.1 Å². The number of hydrogen-bond acceptors (Lipinski definition) is 2. The Kier molecular flexibility index (Phi) is 6.25. The molecule has 12 heavy (non-hydrogen) atoms. The normalized spacial score (nSPS) is 17.9. The maximum atomic E-state index is 4.15. The van der Waals surface area contributed by atoms with Crippen LogP contribution in [0.15, 0.2) is 22.3 Å². The van der Waals surface area contributed by atoms with Crippen molar-refractivity contribution >= 4 is 11.9 Å². The second kappa shape index (κ2) is 6.77. The molecular formula is C10H18N2. The van der Waals surface area contributed by atoms with Gasteiger partial charge in [-0.25, -0.2) is 0 Å². The molecule has 0 atom stereocenters. The summed E-state index contributed by atoms with van der Waals surface area (Å²) in [5.41, 5.74) is 1.33. The van der Waals surface area contributed by atoms with Crippen LogP contribution in [-0.4, -0.2) is 18.5 Å². The van der Waals surface area contributed by atoms with Crippen LogP contribution < -0.4 is 0 Å². The average molecular weight is 166 g/mol. The van der Waals surface area contributed by atoms with Crippen LogP contribution in [0.5, 0.6) is 0 Å². The van der Waals surface area contributed by atoms with E-state index in [2.05, 4.69) is 16.9 Å². The van der Waals surface area contributed by atoms with Crippen molar-refractivity contribution in [1.82, 2.24) is 0 Å². The lowest BCUT2D eigenvalue weighted by Crippen LogP contribution is -1.77. The molecular weight excluding hydrogens is 148 g/mol. The van der Waals surface area contributed by atoms with Crippen LogP contribution in [0.1, 0.15) is 33.6 Å². The van der Waals surface area contributed by atoms with Crippen LogP contribution >= 0.6 is 0 Å². The van der Waals surface area contributed by atoms with Gasteiger partial charge in [-0.15, -0.1) is 0 Å². The molecule has 2 heterocycles. The predicted octanol–water partition coefficient (Wildman–Crippen LogP) is 2.85. The van der Waals surface area contributed by atoms with Crippen LogP contribution in [0, 0.1) is 0 Å². The molecule has 2 heteroatoms. The lowest BCUT2D eigenvalue weighted by molar-refractivity contribution is 0.951. The Morgan fingerprint density at radius 3 is 2.42 bits per heavy atom. The maximum absolute atomic E-state index is 4.15. The van der Waals surface area contributed by atoms with Gasteiger partial charge in [-0.05, 0) is 19.8 Å². The van der Waals surface area contributed by atoms with Crippen LogP contribution in [0.3, 0.4) is 0 Å². The highest BCUT2D eigenvalue weighted by atomic mass is 14.7. The van der Waals surface area contributed by atoms with Crippen LogP contribution in [0.2, 0.25) is 0 Å². The van der Waals surface area contributed by atoms with E-state index in [0.29, 0.717) is 0 Å². The fraction of sp³-hybridized carbons (Fsp3) is 0.600. The van der Waals surface area contributed by atoms with E-state index in [1.807, 2.05) is 12.3 Å². The molecule has 0 N–H and O–H groups in total. The van der Waals surface area contributed by atoms with Gasteiger partial charge in [-0.3, -0.25) is 9.98 Å².